The number of nitrogens with zero attached hydrogens (tertiary/aromatic N) is 2. The fourth-order valence-electron chi connectivity index (χ4n) is 1.60. The van der Waals surface area contributed by atoms with E-state index < -0.39 is 41.7 Å². The average molecular weight is 309 g/mol. The molecule has 1 aromatic rings. The first-order valence-corrected chi connectivity index (χ1v) is 5.87. The Balaban J connectivity index is 3.20. The molecule has 0 spiro atoms. The van der Waals surface area contributed by atoms with E-state index in [-0.39, 0.29) is 11.6 Å². The van der Waals surface area contributed by atoms with Crippen molar-refractivity contribution in [2.75, 3.05) is 19.7 Å². The highest BCUT2D eigenvalue weighted by atomic mass is 35.5. The summed E-state index contributed by atoms with van der Waals surface area (Å²) in [5, 5.41) is 19.4. The largest absolute Gasteiger partial charge is 0.395 e. The van der Waals surface area contributed by atoms with Crippen molar-refractivity contribution < 1.29 is 23.6 Å². The number of benzene rings is 1. The van der Waals surface area contributed by atoms with E-state index >= 15 is 0 Å². The van der Waals surface area contributed by atoms with Gasteiger partial charge in [0.05, 0.1) is 23.1 Å². The number of nitro benzene ring substituents is 1. The molecule has 0 radical (unpaired) electrons. The molecule has 0 aliphatic carbocycles. The van der Waals surface area contributed by atoms with E-state index in [0.29, 0.717) is 4.90 Å². The van der Waals surface area contributed by atoms with E-state index in [1.807, 2.05) is 0 Å². The van der Waals surface area contributed by atoms with Crippen LogP contribution in [0.2, 0.25) is 5.02 Å². The first-order chi connectivity index (χ1) is 9.38. The van der Waals surface area contributed by atoms with E-state index in [9.17, 15) is 23.7 Å². The third kappa shape index (κ3) is 3.84. The minimum absolute atomic E-state index is 0.207. The number of nitro groups is 1. The highest BCUT2D eigenvalue weighted by molar-refractivity contribution is 6.34. The summed E-state index contributed by atoms with van der Waals surface area (Å²) in [5.74, 6) is -1.02. The summed E-state index contributed by atoms with van der Waals surface area (Å²) in [6, 6.07) is 3.58. The number of hydrogen-bond acceptors (Lipinski definition) is 4. The van der Waals surface area contributed by atoms with Gasteiger partial charge in [-0.25, -0.2) is 8.78 Å². The van der Waals surface area contributed by atoms with Crippen molar-refractivity contribution in [3.63, 3.8) is 0 Å². The van der Waals surface area contributed by atoms with Gasteiger partial charge in [-0.05, 0) is 6.07 Å². The summed E-state index contributed by atoms with van der Waals surface area (Å²) in [6.07, 6.45) is -2.83. The van der Waals surface area contributed by atoms with Crippen LogP contribution in [0.25, 0.3) is 0 Å². The molecule has 0 saturated carbocycles. The lowest BCUT2D eigenvalue weighted by Gasteiger charge is -2.21. The second-order valence-corrected chi connectivity index (χ2v) is 4.16. The van der Waals surface area contributed by atoms with Gasteiger partial charge in [-0.2, -0.15) is 0 Å². The first-order valence-electron chi connectivity index (χ1n) is 5.49. The van der Waals surface area contributed by atoms with Gasteiger partial charge in [-0.15, -0.1) is 0 Å². The van der Waals surface area contributed by atoms with Crippen LogP contribution in [0, 0.1) is 10.1 Å². The molecule has 0 fully saturated rings. The number of carbonyl (C=O) groups excluding carboxylic acids is 1. The van der Waals surface area contributed by atoms with Crippen molar-refractivity contribution in [2.45, 2.75) is 6.43 Å². The van der Waals surface area contributed by atoms with Crippen LogP contribution < -0.4 is 0 Å². The van der Waals surface area contributed by atoms with Crippen molar-refractivity contribution >= 4 is 23.2 Å². The lowest BCUT2D eigenvalue weighted by molar-refractivity contribution is -0.385. The van der Waals surface area contributed by atoms with Gasteiger partial charge in [-0.3, -0.25) is 14.9 Å². The van der Waals surface area contributed by atoms with Crippen LogP contribution in [0.3, 0.4) is 0 Å². The summed E-state index contributed by atoms with van der Waals surface area (Å²) in [4.78, 5) is 22.8. The van der Waals surface area contributed by atoms with Crippen LogP contribution in [-0.2, 0) is 0 Å². The molecule has 0 atom stereocenters. The zero-order valence-corrected chi connectivity index (χ0v) is 10.9. The number of aliphatic hydroxyl groups excluding tert-OH is 1. The third-order valence-corrected chi connectivity index (χ3v) is 2.73. The van der Waals surface area contributed by atoms with Gasteiger partial charge >= 0.3 is 0 Å². The first kappa shape index (κ1) is 16.3. The van der Waals surface area contributed by atoms with Gasteiger partial charge < -0.3 is 10.0 Å². The fraction of sp³-hybridized carbons (Fsp3) is 0.364. The van der Waals surface area contributed by atoms with Crippen LogP contribution in [0.4, 0.5) is 14.5 Å². The lowest BCUT2D eigenvalue weighted by atomic mass is 10.1. The summed E-state index contributed by atoms with van der Waals surface area (Å²) >= 11 is 5.75. The second-order valence-electron chi connectivity index (χ2n) is 3.76. The van der Waals surface area contributed by atoms with Gasteiger partial charge in [0, 0.05) is 12.6 Å². The second kappa shape index (κ2) is 7.11. The normalized spacial score (nSPS) is 10.7. The Morgan fingerprint density at radius 1 is 1.50 bits per heavy atom. The zero-order chi connectivity index (χ0) is 15.3. The highest BCUT2D eigenvalue weighted by Crippen LogP contribution is 2.27. The van der Waals surface area contributed by atoms with Crippen LogP contribution in [-0.4, -0.2) is 47.0 Å². The minimum Gasteiger partial charge on any atom is -0.395 e. The van der Waals surface area contributed by atoms with Crippen LogP contribution in [0.15, 0.2) is 18.2 Å². The number of rotatable bonds is 6. The maximum atomic E-state index is 12.4. The van der Waals surface area contributed by atoms with Crippen molar-refractivity contribution in [3.05, 3.63) is 38.9 Å². The lowest BCUT2D eigenvalue weighted by Crippen LogP contribution is -2.37. The smallest absolute Gasteiger partial charge is 0.283 e. The molecule has 20 heavy (non-hydrogen) atoms. The number of alkyl halides is 2. The van der Waals surface area contributed by atoms with Gasteiger partial charge in [0.25, 0.3) is 18.0 Å². The Morgan fingerprint density at radius 2 is 2.15 bits per heavy atom. The standard InChI is InChI=1S/C11H11ClF2N2O4/c12-7-2-1-3-8(16(19)20)10(7)11(18)15(4-5-17)6-9(13)14/h1-3,9,17H,4-6H2. The third-order valence-electron chi connectivity index (χ3n) is 2.42. The van der Waals surface area contributed by atoms with Gasteiger partial charge in [0.1, 0.15) is 5.56 Å². The van der Waals surface area contributed by atoms with Crippen molar-refractivity contribution in [2.24, 2.45) is 0 Å². The van der Waals surface area contributed by atoms with Crippen molar-refractivity contribution in [3.8, 4) is 0 Å². The Hall–Kier alpha value is -1.80. The molecule has 9 heteroatoms. The molecule has 0 aromatic heterocycles. The SMILES string of the molecule is O=C(c1c(Cl)cccc1[N+](=O)[O-])N(CCO)CC(F)F. The van der Waals surface area contributed by atoms with Gasteiger partial charge in [0.15, 0.2) is 0 Å². The number of aliphatic hydroxyl groups is 1. The summed E-state index contributed by atoms with van der Waals surface area (Å²) in [5.41, 5.74) is -1.03. The number of amides is 1. The van der Waals surface area contributed by atoms with Gasteiger partial charge in [0.2, 0.25) is 0 Å². The Morgan fingerprint density at radius 3 is 2.65 bits per heavy atom. The molecule has 0 saturated heterocycles. The molecule has 1 amide bonds. The van der Waals surface area contributed by atoms with Crippen LogP contribution >= 0.6 is 11.6 Å². The molecule has 1 aromatic carbocycles. The highest BCUT2D eigenvalue weighted by Gasteiger charge is 2.28. The molecule has 1 rings (SSSR count). The minimum atomic E-state index is -2.83. The number of hydrogen-bond donors (Lipinski definition) is 1. The Bertz CT molecular complexity index is 513. The Labute approximate surface area is 117 Å². The fourth-order valence-corrected chi connectivity index (χ4v) is 1.85. The zero-order valence-electron chi connectivity index (χ0n) is 10.1. The molecular formula is C11H11ClF2N2O4. The molecule has 0 aliphatic heterocycles. The predicted octanol–water partition coefficient (Wildman–Crippen LogP) is 1.95. The molecule has 6 nitrogen and oxygen atoms in total. The number of halogens is 3. The maximum absolute atomic E-state index is 12.4. The molecule has 1 N–H and O–H groups in total. The molecule has 0 bridgehead atoms. The predicted molar refractivity (Wildman–Crippen MR) is 67.1 cm³/mol. The molecule has 0 unspecified atom stereocenters. The van der Waals surface area contributed by atoms with E-state index in [1.165, 1.54) is 12.1 Å². The van der Waals surface area contributed by atoms with E-state index in [2.05, 4.69) is 0 Å². The maximum Gasteiger partial charge on any atom is 0.283 e. The van der Waals surface area contributed by atoms with E-state index in [4.69, 9.17) is 16.7 Å². The quantitative estimate of drug-likeness (QED) is 0.643. The van der Waals surface area contributed by atoms with Crippen molar-refractivity contribution in [1.29, 1.82) is 0 Å². The van der Waals surface area contributed by atoms with Crippen LogP contribution in [0.1, 0.15) is 10.4 Å². The summed E-state index contributed by atoms with van der Waals surface area (Å²) in [7, 11) is 0. The average Bonchev–Trinajstić information content (AvgIpc) is 2.36. The summed E-state index contributed by atoms with van der Waals surface area (Å²) < 4.78 is 24.8. The summed E-state index contributed by atoms with van der Waals surface area (Å²) in [6.45, 7) is -1.86. The van der Waals surface area contributed by atoms with Crippen LogP contribution in [0.5, 0.6) is 0 Å². The van der Waals surface area contributed by atoms with Gasteiger partial charge in [-0.1, -0.05) is 17.7 Å². The molecule has 0 aliphatic rings. The molecule has 0 heterocycles. The molecular weight excluding hydrogens is 298 g/mol. The molecule has 110 valence electrons. The monoisotopic (exact) mass is 308 g/mol. The van der Waals surface area contributed by atoms with Crippen molar-refractivity contribution in [1.82, 2.24) is 4.90 Å². The topological polar surface area (TPSA) is 83.7 Å². The van der Waals surface area contributed by atoms with E-state index in [1.54, 1.807) is 0 Å². The number of carbonyl (C=O) groups is 1. The van der Waals surface area contributed by atoms with E-state index in [0.717, 1.165) is 6.07 Å². The Kier molecular flexibility index (Phi) is 5.78.